The molecule has 2 atom stereocenters. The van der Waals surface area contributed by atoms with Gasteiger partial charge in [0, 0.05) is 5.92 Å². The molecule has 1 aliphatic carbocycles. The van der Waals surface area contributed by atoms with E-state index in [0.717, 1.165) is 25.0 Å². The number of hydrogen-bond donors (Lipinski definition) is 0. The standard InChI is InChI=1S/C19H34O4S/c1-14(2)16-8-7-15(9-10-24-13-18(20)21-6)17(11-16)12-22-23-19(3,4)5/h7,14,16-17H,8-13H2,1-6H3/t16-,17-/m1/s1. The number of esters is 1. The van der Waals surface area contributed by atoms with Crippen LogP contribution in [-0.4, -0.2) is 36.8 Å². The van der Waals surface area contributed by atoms with E-state index >= 15 is 0 Å². The van der Waals surface area contributed by atoms with Crippen LogP contribution in [0.15, 0.2) is 11.6 Å². The number of carbonyl (C=O) groups excluding carboxylic acids is 1. The van der Waals surface area contributed by atoms with Crippen LogP contribution in [0.2, 0.25) is 0 Å². The molecular formula is C19H34O4S. The Bertz CT molecular complexity index is 412. The van der Waals surface area contributed by atoms with Crippen LogP contribution in [0.1, 0.15) is 53.9 Å². The van der Waals surface area contributed by atoms with Gasteiger partial charge in [-0.15, -0.1) is 11.8 Å². The Hall–Kier alpha value is -0.520. The second-order valence-electron chi connectivity index (χ2n) is 7.81. The highest BCUT2D eigenvalue weighted by Gasteiger charge is 2.27. The number of rotatable bonds is 9. The number of allylic oxidation sites excluding steroid dienone is 1. The van der Waals surface area contributed by atoms with Crippen molar-refractivity contribution in [2.45, 2.75) is 59.5 Å². The number of carbonyl (C=O) groups is 1. The van der Waals surface area contributed by atoms with Crippen LogP contribution < -0.4 is 0 Å². The van der Waals surface area contributed by atoms with E-state index in [4.69, 9.17) is 9.78 Å². The highest BCUT2D eigenvalue weighted by molar-refractivity contribution is 7.99. The molecule has 1 rings (SSSR count). The number of hydrogen-bond acceptors (Lipinski definition) is 5. The first-order chi connectivity index (χ1) is 11.2. The van der Waals surface area contributed by atoms with Gasteiger partial charge in [0.2, 0.25) is 0 Å². The molecule has 0 aliphatic heterocycles. The third kappa shape index (κ3) is 8.54. The molecule has 5 heteroatoms. The van der Waals surface area contributed by atoms with E-state index in [0.29, 0.717) is 30.1 Å². The van der Waals surface area contributed by atoms with E-state index in [2.05, 4.69) is 24.7 Å². The van der Waals surface area contributed by atoms with Crippen LogP contribution in [0.3, 0.4) is 0 Å². The van der Waals surface area contributed by atoms with Gasteiger partial charge in [0.25, 0.3) is 0 Å². The van der Waals surface area contributed by atoms with Crippen molar-refractivity contribution in [2.24, 2.45) is 17.8 Å². The molecule has 0 aromatic rings. The van der Waals surface area contributed by atoms with E-state index in [1.165, 1.54) is 12.7 Å². The quantitative estimate of drug-likeness (QED) is 0.197. The van der Waals surface area contributed by atoms with Gasteiger partial charge in [0.15, 0.2) is 0 Å². The second-order valence-corrected chi connectivity index (χ2v) is 8.92. The lowest BCUT2D eigenvalue weighted by Gasteiger charge is -2.32. The van der Waals surface area contributed by atoms with Crippen molar-refractivity contribution >= 4 is 17.7 Å². The Kier molecular flexibility index (Phi) is 9.39. The summed E-state index contributed by atoms with van der Waals surface area (Å²) in [7, 11) is 1.43. The molecule has 24 heavy (non-hydrogen) atoms. The molecule has 1 aliphatic rings. The van der Waals surface area contributed by atoms with Crippen molar-refractivity contribution in [3.63, 3.8) is 0 Å². The fourth-order valence-corrected chi connectivity index (χ4v) is 3.61. The molecular weight excluding hydrogens is 324 g/mol. The topological polar surface area (TPSA) is 44.8 Å². The number of thioether (sulfide) groups is 1. The largest absolute Gasteiger partial charge is 0.468 e. The number of ether oxygens (including phenoxy) is 1. The molecule has 0 saturated heterocycles. The van der Waals surface area contributed by atoms with E-state index in [-0.39, 0.29) is 11.6 Å². The molecule has 0 amide bonds. The van der Waals surface area contributed by atoms with Crippen molar-refractivity contribution in [1.82, 2.24) is 0 Å². The Morgan fingerprint density at radius 2 is 2.08 bits per heavy atom. The van der Waals surface area contributed by atoms with Crippen molar-refractivity contribution < 1.29 is 19.3 Å². The van der Waals surface area contributed by atoms with Crippen molar-refractivity contribution in [2.75, 3.05) is 25.2 Å². The van der Waals surface area contributed by atoms with Crippen molar-refractivity contribution in [1.29, 1.82) is 0 Å². The second kappa shape index (κ2) is 10.5. The monoisotopic (exact) mass is 358 g/mol. The zero-order chi connectivity index (χ0) is 18.2. The summed E-state index contributed by atoms with van der Waals surface area (Å²) in [5.41, 5.74) is 1.16. The lowest BCUT2D eigenvalue weighted by Crippen LogP contribution is -2.26. The van der Waals surface area contributed by atoms with Gasteiger partial charge < -0.3 is 4.74 Å². The van der Waals surface area contributed by atoms with Crippen LogP contribution in [-0.2, 0) is 19.3 Å². The van der Waals surface area contributed by atoms with Gasteiger partial charge in [-0.05, 0) is 57.6 Å². The summed E-state index contributed by atoms with van der Waals surface area (Å²) in [6.07, 6.45) is 5.68. The highest BCUT2D eigenvalue weighted by Crippen LogP contribution is 2.35. The average Bonchev–Trinajstić information content (AvgIpc) is 2.50. The molecule has 0 aromatic carbocycles. The maximum Gasteiger partial charge on any atom is 0.315 e. The first-order valence-corrected chi connectivity index (χ1v) is 10.0. The van der Waals surface area contributed by atoms with E-state index in [9.17, 15) is 4.79 Å². The van der Waals surface area contributed by atoms with E-state index in [1.54, 1.807) is 11.8 Å². The Balaban J connectivity index is 2.51. The molecule has 0 heterocycles. The zero-order valence-corrected chi connectivity index (χ0v) is 16.9. The normalized spacial score (nSPS) is 21.7. The van der Waals surface area contributed by atoms with Crippen LogP contribution >= 0.6 is 11.8 Å². The summed E-state index contributed by atoms with van der Waals surface area (Å²) >= 11 is 1.63. The maximum atomic E-state index is 11.2. The van der Waals surface area contributed by atoms with Crippen molar-refractivity contribution in [3.8, 4) is 0 Å². The lowest BCUT2D eigenvalue weighted by atomic mass is 9.76. The Morgan fingerprint density at radius 1 is 1.38 bits per heavy atom. The minimum Gasteiger partial charge on any atom is -0.468 e. The fraction of sp³-hybridized carbons (Fsp3) is 0.842. The molecule has 0 spiro atoms. The van der Waals surface area contributed by atoms with E-state index in [1.807, 2.05) is 20.8 Å². The van der Waals surface area contributed by atoms with Gasteiger partial charge in [-0.3, -0.25) is 4.79 Å². The predicted octanol–water partition coefficient (Wildman–Crippen LogP) is 4.64. The van der Waals surface area contributed by atoms with E-state index < -0.39 is 0 Å². The summed E-state index contributed by atoms with van der Waals surface area (Å²) < 4.78 is 4.68. The molecule has 0 bridgehead atoms. The summed E-state index contributed by atoms with van der Waals surface area (Å²) in [6.45, 7) is 11.2. The van der Waals surface area contributed by atoms with Gasteiger partial charge in [0.1, 0.15) is 0 Å². The van der Waals surface area contributed by atoms with Crippen LogP contribution in [0.25, 0.3) is 0 Å². The molecule has 0 radical (unpaired) electrons. The van der Waals surface area contributed by atoms with Crippen LogP contribution in [0, 0.1) is 17.8 Å². The summed E-state index contributed by atoms with van der Waals surface area (Å²) in [6, 6.07) is 0. The van der Waals surface area contributed by atoms with Crippen molar-refractivity contribution in [3.05, 3.63) is 11.6 Å². The van der Waals surface area contributed by atoms with Gasteiger partial charge in [-0.2, -0.15) is 0 Å². The lowest BCUT2D eigenvalue weighted by molar-refractivity contribution is -0.352. The summed E-state index contributed by atoms with van der Waals surface area (Å²) in [5.74, 6) is 3.00. The number of methoxy groups -OCH3 is 1. The molecule has 0 N–H and O–H groups in total. The fourth-order valence-electron chi connectivity index (χ4n) is 2.81. The average molecular weight is 359 g/mol. The minimum atomic E-state index is -0.285. The molecule has 0 unspecified atom stereocenters. The third-order valence-electron chi connectivity index (χ3n) is 4.30. The first-order valence-electron chi connectivity index (χ1n) is 8.87. The first kappa shape index (κ1) is 21.5. The van der Waals surface area contributed by atoms with Gasteiger partial charge in [-0.1, -0.05) is 25.5 Å². The smallest absolute Gasteiger partial charge is 0.315 e. The molecule has 140 valence electrons. The maximum absolute atomic E-state index is 11.2. The summed E-state index contributed by atoms with van der Waals surface area (Å²) in [4.78, 5) is 22.2. The Labute approximate surface area is 151 Å². The van der Waals surface area contributed by atoms with Gasteiger partial charge in [-0.25, -0.2) is 9.78 Å². The summed E-state index contributed by atoms with van der Waals surface area (Å²) in [5, 5.41) is 0. The highest BCUT2D eigenvalue weighted by atomic mass is 32.2. The molecule has 0 fully saturated rings. The zero-order valence-electron chi connectivity index (χ0n) is 16.1. The molecule has 0 saturated carbocycles. The minimum absolute atomic E-state index is 0.157. The third-order valence-corrected chi connectivity index (χ3v) is 5.23. The SMILES string of the molecule is COC(=O)CSCCC1=CC[C@@H](C(C)C)C[C@@H]1COOC(C)(C)C. The molecule has 0 aromatic heterocycles. The van der Waals surface area contributed by atoms with Crippen LogP contribution in [0.4, 0.5) is 0 Å². The Morgan fingerprint density at radius 3 is 2.67 bits per heavy atom. The van der Waals surface area contributed by atoms with Gasteiger partial charge >= 0.3 is 5.97 Å². The predicted molar refractivity (Wildman–Crippen MR) is 99.9 cm³/mol. The van der Waals surface area contributed by atoms with Gasteiger partial charge in [0.05, 0.1) is 25.1 Å². The molecule has 4 nitrogen and oxygen atoms in total. The van der Waals surface area contributed by atoms with Crippen LogP contribution in [0.5, 0.6) is 0 Å².